The molecular formula is C49H60N6O9S. The van der Waals surface area contributed by atoms with Gasteiger partial charge in [0, 0.05) is 55.6 Å². The number of nitrogens with one attached hydrogen (secondary N) is 3. The van der Waals surface area contributed by atoms with Crippen molar-refractivity contribution < 1.29 is 41.8 Å². The molecule has 5 heterocycles. The number of piperidine rings is 1. The molecule has 1 fully saturated rings. The van der Waals surface area contributed by atoms with Crippen molar-refractivity contribution in [1.82, 2.24) is 20.2 Å². The fraction of sp³-hybridized carbons (Fsp3) is 0.469. The van der Waals surface area contributed by atoms with Crippen molar-refractivity contribution >= 4 is 45.3 Å². The number of imide groups is 2. The zero-order valence-electron chi connectivity index (χ0n) is 37.3. The Morgan fingerprint density at radius 3 is 2.26 bits per heavy atom. The maximum Gasteiger partial charge on any atom is 0.262 e. The first-order chi connectivity index (χ1) is 31.4. The van der Waals surface area contributed by atoms with E-state index in [-0.39, 0.29) is 41.4 Å². The second-order valence-corrected chi connectivity index (χ2v) is 18.9. The fourth-order valence-corrected chi connectivity index (χ4v) is 9.39. The minimum absolute atomic E-state index is 0.0446. The summed E-state index contributed by atoms with van der Waals surface area (Å²) >= 11 is 0. The van der Waals surface area contributed by atoms with E-state index in [4.69, 9.17) is 14.2 Å². The number of sulfonamides is 1. The first-order valence-corrected chi connectivity index (χ1v) is 24.8. The van der Waals surface area contributed by atoms with Crippen LogP contribution < -0.4 is 24.8 Å². The highest BCUT2D eigenvalue weighted by atomic mass is 32.2. The molecule has 3 unspecified atom stereocenters. The van der Waals surface area contributed by atoms with Gasteiger partial charge >= 0.3 is 0 Å². The van der Waals surface area contributed by atoms with Crippen molar-refractivity contribution in [2.45, 2.75) is 114 Å². The Labute approximate surface area is 381 Å². The Kier molecular flexibility index (Phi) is 15.9. The van der Waals surface area contributed by atoms with Gasteiger partial charge in [0.1, 0.15) is 23.6 Å². The van der Waals surface area contributed by atoms with E-state index in [1.807, 2.05) is 18.2 Å². The summed E-state index contributed by atoms with van der Waals surface area (Å²) in [6.07, 6.45) is 13.9. The number of carbonyl (C=O) groups excluding carboxylic acids is 4. The molecule has 4 aliphatic rings. The predicted molar refractivity (Wildman–Crippen MR) is 247 cm³/mol. The van der Waals surface area contributed by atoms with Crippen molar-refractivity contribution in [3.05, 3.63) is 107 Å². The van der Waals surface area contributed by atoms with Crippen molar-refractivity contribution in [1.29, 1.82) is 0 Å². The number of hydrogen-bond donors (Lipinski definition) is 3. The number of fused-ring (bicyclic) bond motifs is 7. The third-order valence-corrected chi connectivity index (χ3v) is 13.1. The zero-order valence-corrected chi connectivity index (χ0v) is 38.1. The smallest absolute Gasteiger partial charge is 0.262 e. The van der Waals surface area contributed by atoms with Crippen LogP contribution in [-0.2, 0) is 42.6 Å². The highest BCUT2D eigenvalue weighted by Gasteiger charge is 2.45. The number of nitrogens with zero attached hydrogens (tertiary/aromatic N) is 3. The van der Waals surface area contributed by atoms with Crippen LogP contribution in [0.15, 0.2) is 79.0 Å². The number of anilines is 2. The second-order valence-electron chi connectivity index (χ2n) is 17.2. The van der Waals surface area contributed by atoms with Gasteiger partial charge in [0.15, 0.2) is 0 Å². The van der Waals surface area contributed by atoms with E-state index in [0.717, 1.165) is 106 Å². The maximum atomic E-state index is 13.1. The van der Waals surface area contributed by atoms with Crippen LogP contribution in [0.5, 0.6) is 11.5 Å². The van der Waals surface area contributed by atoms with Gasteiger partial charge in [0.2, 0.25) is 27.8 Å². The van der Waals surface area contributed by atoms with Crippen LogP contribution in [0.1, 0.15) is 122 Å². The Hall–Kier alpha value is -5.87. The fourth-order valence-electron chi connectivity index (χ4n) is 8.96. The van der Waals surface area contributed by atoms with Crippen molar-refractivity contribution in [2.24, 2.45) is 0 Å². The summed E-state index contributed by atoms with van der Waals surface area (Å²) in [6.45, 7) is 4.95. The van der Waals surface area contributed by atoms with Gasteiger partial charge in [0.05, 0.1) is 24.0 Å². The van der Waals surface area contributed by atoms with Crippen LogP contribution in [0.2, 0.25) is 0 Å². The number of aryl methyl sites for hydroxylation is 1. The molecule has 8 rings (SSSR count). The lowest BCUT2D eigenvalue weighted by molar-refractivity contribution is -0.136. The molecular weight excluding hydrogens is 849 g/mol. The predicted octanol–water partition coefficient (Wildman–Crippen LogP) is 7.16. The standard InChI is InChI=1S/C49H60N6O9S/c1-3-49(26-24-34-12-17-39(18-13-34)64-43(49)33-37-25-28-51-48(52-37)54-65(2,60)61)35-14-19-38(20-15-35)63-31-10-7-5-4-6-9-29-62-30-11-8-27-50-36-16-21-40-41(32-36)47(59)55(46(40)58)42-22-23-44(56)53-45(42)57/h12-21,25,28,32,42-43,50H,3-11,22-24,26-27,29-31,33H2,1-2H3,(H,51,52,54)(H,53,56,57). The SMILES string of the molecule is CCC1(c2ccc(OCCCCCCCCOCCCCNc3ccc4c(c3)C(=O)N(C3CCC(=O)NC3=O)C4=O)cc2)CCc2ccc(cc2)OC1Cc1ccnc(NS(C)(=O)=O)n1. The Balaban J connectivity index is 0.765. The van der Waals surface area contributed by atoms with Gasteiger partial charge in [-0.05, 0) is 111 Å². The summed E-state index contributed by atoms with van der Waals surface area (Å²) in [7, 11) is -3.53. The van der Waals surface area contributed by atoms with Crippen LogP contribution in [0.4, 0.5) is 11.6 Å². The minimum atomic E-state index is -3.53. The molecule has 65 heavy (non-hydrogen) atoms. The number of aromatic nitrogens is 2. The van der Waals surface area contributed by atoms with E-state index in [2.05, 4.69) is 68.6 Å². The Bertz CT molecular complexity index is 2410. The summed E-state index contributed by atoms with van der Waals surface area (Å²) in [5, 5.41) is 5.53. The van der Waals surface area contributed by atoms with Gasteiger partial charge in [-0.2, -0.15) is 0 Å². The molecule has 16 heteroatoms. The number of benzene rings is 3. The Morgan fingerprint density at radius 2 is 1.54 bits per heavy atom. The van der Waals surface area contributed by atoms with Crippen LogP contribution in [-0.4, -0.2) is 91.7 Å². The average molecular weight is 909 g/mol. The second kappa shape index (κ2) is 21.9. The summed E-state index contributed by atoms with van der Waals surface area (Å²) in [6, 6.07) is 22.6. The molecule has 0 spiro atoms. The topological polar surface area (TPSA) is 195 Å². The van der Waals surface area contributed by atoms with Gasteiger partial charge in [-0.3, -0.25) is 34.1 Å². The van der Waals surface area contributed by atoms with Crippen molar-refractivity contribution in [3.8, 4) is 11.5 Å². The van der Waals surface area contributed by atoms with E-state index in [1.165, 1.54) is 11.1 Å². The molecule has 4 amide bonds. The highest BCUT2D eigenvalue weighted by molar-refractivity contribution is 7.92. The number of ether oxygens (including phenoxy) is 3. The molecule has 346 valence electrons. The van der Waals surface area contributed by atoms with Crippen LogP contribution in [0.3, 0.4) is 0 Å². The number of carbonyl (C=O) groups is 4. The van der Waals surface area contributed by atoms with Gasteiger partial charge in [-0.15, -0.1) is 0 Å². The lowest BCUT2D eigenvalue weighted by Gasteiger charge is -2.40. The van der Waals surface area contributed by atoms with Crippen LogP contribution in [0.25, 0.3) is 0 Å². The highest BCUT2D eigenvalue weighted by Crippen LogP contribution is 2.42. The lowest BCUT2D eigenvalue weighted by Crippen LogP contribution is -2.54. The van der Waals surface area contributed by atoms with Gasteiger partial charge in [-0.1, -0.05) is 56.9 Å². The first kappa shape index (κ1) is 47.1. The van der Waals surface area contributed by atoms with Crippen molar-refractivity contribution in [3.63, 3.8) is 0 Å². The van der Waals surface area contributed by atoms with E-state index in [1.54, 1.807) is 24.4 Å². The summed E-state index contributed by atoms with van der Waals surface area (Å²) < 4.78 is 45.0. The average Bonchev–Trinajstić information content (AvgIpc) is 3.59. The number of unbranched alkanes of at least 4 members (excludes halogenated alkanes) is 6. The molecule has 0 saturated carbocycles. The summed E-state index contributed by atoms with van der Waals surface area (Å²) in [5.41, 5.74) is 4.02. The van der Waals surface area contributed by atoms with Gasteiger partial charge in [0.25, 0.3) is 11.8 Å². The molecule has 15 nitrogen and oxygen atoms in total. The van der Waals surface area contributed by atoms with E-state index >= 15 is 0 Å². The molecule has 3 atom stereocenters. The summed E-state index contributed by atoms with van der Waals surface area (Å²) in [4.78, 5) is 59.5. The molecule has 4 aliphatic heterocycles. The molecule has 3 N–H and O–H groups in total. The van der Waals surface area contributed by atoms with E-state index in [0.29, 0.717) is 31.9 Å². The minimum Gasteiger partial charge on any atom is -0.494 e. The molecule has 1 aromatic heterocycles. The Morgan fingerprint density at radius 1 is 0.831 bits per heavy atom. The monoisotopic (exact) mass is 908 g/mol. The van der Waals surface area contributed by atoms with Gasteiger partial charge < -0.3 is 19.5 Å². The molecule has 0 radical (unpaired) electrons. The molecule has 1 saturated heterocycles. The third-order valence-electron chi connectivity index (χ3n) is 12.6. The van der Waals surface area contributed by atoms with Crippen LogP contribution in [0, 0.1) is 0 Å². The van der Waals surface area contributed by atoms with Gasteiger partial charge in [-0.25, -0.2) is 18.4 Å². The lowest BCUT2D eigenvalue weighted by atomic mass is 9.68. The molecule has 4 aromatic rings. The van der Waals surface area contributed by atoms with Crippen LogP contribution >= 0.6 is 0 Å². The number of rotatable bonds is 23. The quantitative estimate of drug-likeness (QED) is 0.0503. The number of hydrogen-bond acceptors (Lipinski definition) is 12. The molecule has 2 bridgehead atoms. The summed E-state index contributed by atoms with van der Waals surface area (Å²) in [5.74, 6) is -0.372. The van der Waals surface area contributed by atoms with E-state index in [9.17, 15) is 27.6 Å². The molecule has 0 aliphatic carbocycles. The van der Waals surface area contributed by atoms with Crippen molar-refractivity contribution in [2.75, 3.05) is 42.7 Å². The largest absolute Gasteiger partial charge is 0.494 e. The van der Waals surface area contributed by atoms with E-state index < -0.39 is 39.7 Å². The zero-order chi connectivity index (χ0) is 45.8. The normalized spacial score (nSPS) is 19.5. The third kappa shape index (κ3) is 12.3. The first-order valence-electron chi connectivity index (χ1n) is 22.9. The number of amides is 4. The molecule has 3 aromatic carbocycles. The maximum absolute atomic E-state index is 13.1.